The SMILES string of the molecule is CCOc1ncnc(N2CCC(CN)C2)c1C. The summed E-state index contributed by atoms with van der Waals surface area (Å²) in [6.45, 7) is 7.35. The van der Waals surface area contributed by atoms with E-state index in [2.05, 4.69) is 14.9 Å². The van der Waals surface area contributed by atoms with Crippen LogP contribution in [0.25, 0.3) is 0 Å². The molecule has 94 valence electrons. The molecule has 1 atom stereocenters. The number of nitrogens with two attached hydrogens (primary N) is 1. The minimum absolute atomic E-state index is 0.583. The topological polar surface area (TPSA) is 64.3 Å². The molecule has 1 aromatic rings. The van der Waals surface area contributed by atoms with E-state index < -0.39 is 0 Å². The van der Waals surface area contributed by atoms with E-state index in [1.807, 2.05) is 13.8 Å². The van der Waals surface area contributed by atoms with Gasteiger partial charge in [-0.15, -0.1) is 0 Å². The molecular weight excluding hydrogens is 216 g/mol. The van der Waals surface area contributed by atoms with Crippen molar-refractivity contribution in [2.75, 3.05) is 31.1 Å². The van der Waals surface area contributed by atoms with Gasteiger partial charge in [0.05, 0.1) is 12.2 Å². The van der Waals surface area contributed by atoms with Crippen LogP contribution in [-0.2, 0) is 0 Å². The van der Waals surface area contributed by atoms with Crippen LogP contribution in [0.5, 0.6) is 5.88 Å². The Balaban J connectivity index is 2.18. The lowest BCUT2D eigenvalue weighted by Gasteiger charge is -2.20. The molecule has 1 aliphatic rings. The first-order chi connectivity index (χ1) is 8.26. The number of nitrogens with zero attached hydrogens (tertiary/aromatic N) is 3. The van der Waals surface area contributed by atoms with Crippen LogP contribution in [-0.4, -0.2) is 36.2 Å². The van der Waals surface area contributed by atoms with Gasteiger partial charge in [-0.2, -0.15) is 0 Å². The van der Waals surface area contributed by atoms with Gasteiger partial charge in [-0.25, -0.2) is 9.97 Å². The smallest absolute Gasteiger partial charge is 0.221 e. The summed E-state index contributed by atoms with van der Waals surface area (Å²) in [6, 6.07) is 0. The molecule has 1 aromatic heterocycles. The lowest BCUT2D eigenvalue weighted by molar-refractivity contribution is 0.323. The summed E-state index contributed by atoms with van der Waals surface area (Å²) in [5.41, 5.74) is 6.73. The molecule has 1 fully saturated rings. The van der Waals surface area contributed by atoms with Gasteiger partial charge >= 0.3 is 0 Å². The van der Waals surface area contributed by atoms with Gasteiger partial charge < -0.3 is 15.4 Å². The Morgan fingerprint density at radius 2 is 2.35 bits per heavy atom. The number of aromatic nitrogens is 2. The van der Waals surface area contributed by atoms with Gasteiger partial charge in [0.15, 0.2) is 0 Å². The van der Waals surface area contributed by atoms with Gasteiger partial charge in [0, 0.05) is 13.1 Å². The first-order valence-corrected chi connectivity index (χ1v) is 6.15. The van der Waals surface area contributed by atoms with Crippen LogP contribution in [0.2, 0.25) is 0 Å². The lowest BCUT2D eigenvalue weighted by Crippen LogP contribution is -2.24. The summed E-state index contributed by atoms with van der Waals surface area (Å²) in [7, 11) is 0. The molecule has 1 saturated heterocycles. The molecule has 17 heavy (non-hydrogen) atoms. The predicted octanol–water partition coefficient (Wildman–Crippen LogP) is 0.969. The second-order valence-electron chi connectivity index (χ2n) is 4.40. The third-order valence-electron chi connectivity index (χ3n) is 3.21. The average molecular weight is 236 g/mol. The Morgan fingerprint density at radius 1 is 1.53 bits per heavy atom. The Morgan fingerprint density at radius 3 is 3.00 bits per heavy atom. The highest BCUT2D eigenvalue weighted by Crippen LogP contribution is 2.28. The Bertz CT molecular complexity index is 383. The van der Waals surface area contributed by atoms with Gasteiger partial charge in [-0.1, -0.05) is 0 Å². The maximum absolute atomic E-state index is 5.71. The molecule has 1 unspecified atom stereocenters. The summed E-state index contributed by atoms with van der Waals surface area (Å²) in [6.07, 6.45) is 2.72. The van der Waals surface area contributed by atoms with Gasteiger partial charge in [0.1, 0.15) is 12.1 Å². The summed E-state index contributed by atoms with van der Waals surface area (Å²) in [5, 5.41) is 0. The highest BCUT2D eigenvalue weighted by molar-refractivity contribution is 5.50. The second-order valence-corrected chi connectivity index (χ2v) is 4.40. The van der Waals surface area contributed by atoms with E-state index in [9.17, 15) is 0 Å². The quantitative estimate of drug-likeness (QED) is 0.844. The Hall–Kier alpha value is -1.36. The minimum Gasteiger partial charge on any atom is -0.478 e. The molecule has 0 aromatic carbocycles. The molecular formula is C12H20N4O. The van der Waals surface area contributed by atoms with Gasteiger partial charge in [0.2, 0.25) is 5.88 Å². The largest absolute Gasteiger partial charge is 0.478 e. The third kappa shape index (κ3) is 2.49. The standard InChI is InChI=1S/C12H20N4O/c1-3-17-12-9(2)11(14-8-15-12)16-5-4-10(6-13)7-16/h8,10H,3-7,13H2,1-2H3. The van der Waals surface area contributed by atoms with Crippen LogP contribution in [0.4, 0.5) is 5.82 Å². The van der Waals surface area contributed by atoms with Crippen LogP contribution < -0.4 is 15.4 Å². The van der Waals surface area contributed by atoms with Crippen molar-refractivity contribution in [3.63, 3.8) is 0 Å². The van der Waals surface area contributed by atoms with E-state index in [-0.39, 0.29) is 0 Å². The molecule has 2 rings (SSSR count). The fraction of sp³-hybridized carbons (Fsp3) is 0.667. The number of ether oxygens (including phenoxy) is 1. The van der Waals surface area contributed by atoms with E-state index in [0.717, 1.165) is 37.4 Å². The van der Waals surface area contributed by atoms with Crippen molar-refractivity contribution in [2.45, 2.75) is 20.3 Å². The van der Waals surface area contributed by atoms with Crippen molar-refractivity contribution in [2.24, 2.45) is 11.7 Å². The van der Waals surface area contributed by atoms with Crippen molar-refractivity contribution in [3.05, 3.63) is 11.9 Å². The summed E-state index contributed by atoms with van der Waals surface area (Å²) in [5.74, 6) is 2.26. The number of hydrogen-bond donors (Lipinski definition) is 1. The highest BCUT2D eigenvalue weighted by Gasteiger charge is 2.24. The molecule has 5 heteroatoms. The molecule has 0 saturated carbocycles. The zero-order valence-corrected chi connectivity index (χ0v) is 10.5. The number of anilines is 1. The van der Waals surface area contributed by atoms with Gasteiger partial charge in [-0.05, 0) is 32.7 Å². The zero-order chi connectivity index (χ0) is 12.3. The average Bonchev–Trinajstić information content (AvgIpc) is 2.80. The van der Waals surface area contributed by atoms with E-state index in [4.69, 9.17) is 10.5 Å². The first-order valence-electron chi connectivity index (χ1n) is 6.15. The predicted molar refractivity (Wildman–Crippen MR) is 67.3 cm³/mol. The van der Waals surface area contributed by atoms with Gasteiger partial charge in [-0.3, -0.25) is 0 Å². The van der Waals surface area contributed by atoms with Crippen LogP contribution in [0, 0.1) is 12.8 Å². The molecule has 0 bridgehead atoms. The summed E-state index contributed by atoms with van der Waals surface area (Å²) in [4.78, 5) is 10.8. The van der Waals surface area contributed by atoms with Gasteiger partial charge in [0.25, 0.3) is 0 Å². The highest BCUT2D eigenvalue weighted by atomic mass is 16.5. The van der Waals surface area contributed by atoms with Crippen molar-refractivity contribution in [3.8, 4) is 5.88 Å². The Labute approximate surface area is 102 Å². The lowest BCUT2D eigenvalue weighted by atomic mass is 10.1. The van der Waals surface area contributed by atoms with Crippen LogP contribution in [0.1, 0.15) is 18.9 Å². The fourth-order valence-electron chi connectivity index (χ4n) is 2.24. The maximum atomic E-state index is 5.71. The molecule has 0 amide bonds. The fourth-order valence-corrected chi connectivity index (χ4v) is 2.24. The molecule has 2 heterocycles. The minimum atomic E-state index is 0.583. The van der Waals surface area contributed by atoms with E-state index >= 15 is 0 Å². The summed E-state index contributed by atoms with van der Waals surface area (Å²) < 4.78 is 5.49. The molecule has 0 spiro atoms. The summed E-state index contributed by atoms with van der Waals surface area (Å²) >= 11 is 0. The van der Waals surface area contributed by atoms with E-state index in [0.29, 0.717) is 18.4 Å². The van der Waals surface area contributed by atoms with Crippen LogP contribution in [0.15, 0.2) is 6.33 Å². The maximum Gasteiger partial charge on any atom is 0.221 e. The van der Waals surface area contributed by atoms with Crippen LogP contribution in [0.3, 0.4) is 0 Å². The number of rotatable bonds is 4. The first kappa shape index (κ1) is 12.1. The van der Waals surface area contributed by atoms with Crippen molar-refractivity contribution >= 4 is 5.82 Å². The van der Waals surface area contributed by atoms with E-state index in [1.54, 1.807) is 6.33 Å². The Kier molecular flexibility index (Phi) is 3.78. The van der Waals surface area contributed by atoms with Crippen molar-refractivity contribution in [1.29, 1.82) is 0 Å². The van der Waals surface area contributed by atoms with E-state index in [1.165, 1.54) is 0 Å². The van der Waals surface area contributed by atoms with Crippen molar-refractivity contribution < 1.29 is 4.74 Å². The van der Waals surface area contributed by atoms with Crippen LogP contribution >= 0.6 is 0 Å². The number of hydrogen-bond acceptors (Lipinski definition) is 5. The normalized spacial score (nSPS) is 19.7. The monoisotopic (exact) mass is 236 g/mol. The molecule has 0 aliphatic carbocycles. The molecule has 5 nitrogen and oxygen atoms in total. The second kappa shape index (κ2) is 5.31. The molecule has 0 radical (unpaired) electrons. The third-order valence-corrected chi connectivity index (χ3v) is 3.21. The molecule has 2 N–H and O–H groups in total. The van der Waals surface area contributed by atoms with Crippen molar-refractivity contribution in [1.82, 2.24) is 9.97 Å². The zero-order valence-electron chi connectivity index (χ0n) is 10.5. The molecule has 1 aliphatic heterocycles.